The van der Waals surface area contributed by atoms with Gasteiger partial charge in [-0.2, -0.15) is 0 Å². The van der Waals surface area contributed by atoms with Crippen LogP contribution in [0.3, 0.4) is 0 Å². The van der Waals surface area contributed by atoms with Crippen molar-refractivity contribution < 1.29 is 9.18 Å². The van der Waals surface area contributed by atoms with Crippen molar-refractivity contribution in [3.05, 3.63) is 35.6 Å². The molecule has 1 aliphatic rings. The van der Waals surface area contributed by atoms with Crippen molar-refractivity contribution in [1.29, 1.82) is 0 Å². The molecule has 0 aromatic heterocycles. The predicted molar refractivity (Wildman–Crippen MR) is 82.5 cm³/mol. The van der Waals surface area contributed by atoms with Gasteiger partial charge in [0.1, 0.15) is 5.82 Å². The van der Waals surface area contributed by atoms with Crippen LogP contribution in [0.5, 0.6) is 0 Å². The van der Waals surface area contributed by atoms with Gasteiger partial charge in [-0.1, -0.05) is 43.9 Å². The zero-order valence-electron chi connectivity index (χ0n) is 12.7. The monoisotopic (exact) mass is 292 g/mol. The summed E-state index contributed by atoms with van der Waals surface area (Å²) in [6.45, 7) is 2.10. The maximum Gasteiger partial charge on any atom is 0.234 e. The van der Waals surface area contributed by atoms with Crippen LogP contribution < -0.4 is 10.6 Å². The van der Waals surface area contributed by atoms with E-state index < -0.39 is 0 Å². The Kier molecular flexibility index (Phi) is 6.18. The van der Waals surface area contributed by atoms with Gasteiger partial charge >= 0.3 is 0 Å². The predicted octanol–water partition coefficient (Wildman–Crippen LogP) is 3.32. The molecule has 2 rings (SSSR count). The first-order valence-corrected chi connectivity index (χ1v) is 7.94. The van der Waals surface area contributed by atoms with Gasteiger partial charge in [0.2, 0.25) is 5.91 Å². The first-order valence-electron chi connectivity index (χ1n) is 7.94. The van der Waals surface area contributed by atoms with Crippen LogP contribution in [0.25, 0.3) is 0 Å². The van der Waals surface area contributed by atoms with Crippen molar-refractivity contribution in [2.75, 3.05) is 6.54 Å². The fourth-order valence-electron chi connectivity index (χ4n) is 2.88. The van der Waals surface area contributed by atoms with Gasteiger partial charge in [0.15, 0.2) is 0 Å². The Morgan fingerprint density at radius 3 is 2.57 bits per heavy atom. The maximum absolute atomic E-state index is 13.6. The molecule has 1 amide bonds. The van der Waals surface area contributed by atoms with Gasteiger partial charge in [-0.3, -0.25) is 4.79 Å². The van der Waals surface area contributed by atoms with Gasteiger partial charge in [0.05, 0.1) is 6.54 Å². The third kappa shape index (κ3) is 5.12. The zero-order chi connectivity index (χ0) is 15.1. The molecule has 3 nitrogen and oxygen atoms in total. The number of amides is 1. The number of carbonyl (C=O) groups excluding carboxylic acids is 1. The highest BCUT2D eigenvalue weighted by Crippen LogP contribution is 2.17. The van der Waals surface area contributed by atoms with Crippen LogP contribution in [0.1, 0.15) is 57.1 Å². The van der Waals surface area contributed by atoms with Crippen LogP contribution >= 0.6 is 0 Å². The summed E-state index contributed by atoms with van der Waals surface area (Å²) in [5.74, 6) is -0.230. The van der Waals surface area contributed by atoms with Crippen molar-refractivity contribution in [3.8, 4) is 0 Å². The van der Waals surface area contributed by atoms with E-state index in [-0.39, 0.29) is 24.3 Å². The molecule has 4 heteroatoms. The number of hydrogen-bond donors (Lipinski definition) is 2. The summed E-state index contributed by atoms with van der Waals surface area (Å²) in [6, 6.07) is 6.80. The van der Waals surface area contributed by atoms with Crippen molar-refractivity contribution in [2.24, 2.45) is 0 Å². The van der Waals surface area contributed by atoms with Crippen molar-refractivity contribution in [2.45, 2.75) is 57.5 Å². The van der Waals surface area contributed by atoms with Gasteiger partial charge in [0, 0.05) is 17.6 Å². The summed E-state index contributed by atoms with van der Waals surface area (Å²) in [4.78, 5) is 12.0. The highest BCUT2D eigenvalue weighted by Gasteiger charge is 2.16. The Labute approximate surface area is 126 Å². The van der Waals surface area contributed by atoms with Crippen LogP contribution in [0.15, 0.2) is 24.3 Å². The van der Waals surface area contributed by atoms with Crippen molar-refractivity contribution >= 4 is 5.91 Å². The molecule has 0 saturated heterocycles. The Morgan fingerprint density at radius 1 is 1.24 bits per heavy atom. The van der Waals surface area contributed by atoms with Crippen LogP contribution in [0.2, 0.25) is 0 Å². The minimum absolute atomic E-state index is 0.00471. The molecule has 0 radical (unpaired) electrons. The van der Waals surface area contributed by atoms with E-state index in [9.17, 15) is 9.18 Å². The normalized spacial score (nSPS) is 18.0. The number of halogens is 1. The lowest BCUT2D eigenvalue weighted by Gasteiger charge is -2.18. The van der Waals surface area contributed by atoms with Crippen LogP contribution in [0, 0.1) is 5.82 Å². The van der Waals surface area contributed by atoms with E-state index in [4.69, 9.17) is 0 Å². The molecule has 1 unspecified atom stereocenters. The number of carbonyl (C=O) groups is 1. The SMILES string of the molecule is CC(NCC(=O)NC1CCCCCC1)c1ccccc1F. The van der Waals surface area contributed by atoms with Crippen molar-refractivity contribution in [1.82, 2.24) is 10.6 Å². The minimum atomic E-state index is -0.235. The van der Waals surface area contributed by atoms with Gasteiger partial charge < -0.3 is 10.6 Å². The topological polar surface area (TPSA) is 41.1 Å². The van der Waals surface area contributed by atoms with E-state index >= 15 is 0 Å². The third-order valence-corrected chi connectivity index (χ3v) is 4.16. The van der Waals surface area contributed by atoms with E-state index in [0.29, 0.717) is 11.6 Å². The molecule has 0 spiro atoms. The first-order chi connectivity index (χ1) is 10.2. The van der Waals surface area contributed by atoms with E-state index in [1.165, 1.54) is 31.7 Å². The largest absolute Gasteiger partial charge is 0.352 e. The van der Waals surface area contributed by atoms with Crippen LogP contribution in [0.4, 0.5) is 4.39 Å². The molecule has 116 valence electrons. The average molecular weight is 292 g/mol. The second-order valence-corrected chi connectivity index (χ2v) is 5.88. The highest BCUT2D eigenvalue weighted by molar-refractivity contribution is 5.78. The second kappa shape index (κ2) is 8.13. The van der Waals surface area contributed by atoms with Gasteiger partial charge in [-0.15, -0.1) is 0 Å². The summed E-state index contributed by atoms with van der Waals surface area (Å²) in [6.07, 6.45) is 7.10. The molecule has 1 aromatic carbocycles. The Morgan fingerprint density at radius 2 is 1.90 bits per heavy atom. The summed E-state index contributed by atoms with van der Waals surface area (Å²) in [5, 5.41) is 6.18. The standard InChI is InChI=1S/C17H25FN2O/c1-13(15-10-6-7-11-16(15)18)19-12-17(21)20-14-8-4-2-3-5-9-14/h6-7,10-11,13-14,19H,2-5,8-9,12H2,1H3,(H,20,21). The van der Waals surface area contributed by atoms with Crippen LogP contribution in [-0.2, 0) is 4.79 Å². The first kappa shape index (κ1) is 16.0. The molecule has 1 atom stereocenters. The zero-order valence-corrected chi connectivity index (χ0v) is 12.7. The lowest BCUT2D eigenvalue weighted by Crippen LogP contribution is -2.40. The minimum Gasteiger partial charge on any atom is -0.352 e. The van der Waals surface area contributed by atoms with Gasteiger partial charge in [-0.25, -0.2) is 4.39 Å². The molecular formula is C17H25FN2O. The Bertz CT molecular complexity index is 456. The number of nitrogens with one attached hydrogen (secondary N) is 2. The van der Waals surface area contributed by atoms with E-state index in [0.717, 1.165) is 12.8 Å². The quantitative estimate of drug-likeness (QED) is 0.817. The molecule has 1 aliphatic carbocycles. The molecular weight excluding hydrogens is 267 g/mol. The number of rotatable bonds is 5. The average Bonchev–Trinajstić information content (AvgIpc) is 2.74. The fourth-order valence-corrected chi connectivity index (χ4v) is 2.88. The molecule has 0 bridgehead atoms. The molecule has 1 fully saturated rings. The summed E-state index contributed by atoms with van der Waals surface area (Å²) >= 11 is 0. The van der Waals surface area contributed by atoms with Gasteiger partial charge in [0.25, 0.3) is 0 Å². The molecule has 0 aliphatic heterocycles. The van der Waals surface area contributed by atoms with E-state index in [1.54, 1.807) is 12.1 Å². The Hall–Kier alpha value is -1.42. The van der Waals surface area contributed by atoms with E-state index in [1.807, 2.05) is 13.0 Å². The summed E-state index contributed by atoms with van der Waals surface area (Å²) in [5.41, 5.74) is 0.597. The third-order valence-electron chi connectivity index (χ3n) is 4.16. The molecule has 0 heterocycles. The van der Waals surface area contributed by atoms with E-state index in [2.05, 4.69) is 10.6 Å². The number of benzene rings is 1. The highest BCUT2D eigenvalue weighted by atomic mass is 19.1. The maximum atomic E-state index is 13.6. The number of hydrogen-bond acceptors (Lipinski definition) is 2. The molecule has 1 saturated carbocycles. The molecule has 21 heavy (non-hydrogen) atoms. The summed E-state index contributed by atoms with van der Waals surface area (Å²) < 4.78 is 13.6. The molecule has 1 aromatic rings. The fraction of sp³-hybridized carbons (Fsp3) is 0.588. The summed E-state index contributed by atoms with van der Waals surface area (Å²) in [7, 11) is 0. The smallest absolute Gasteiger partial charge is 0.234 e. The van der Waals surface area contributed by atoms with Crippen molar-refractivity contribution in [3.63, 3.8) is 0 Å². The van der Waals surface area contributed by atoms with Gasteiger partial charge in [-0.05, 0) is 25.8 Å². The van der Waals surface area contributed by atoms with Crippen LogP contribution in [-0.4, -0.2) is 18.5 Å². The lowest BCUT2D eigenvalue weighted by molar-refractivity contribution is -0.121. The lowest BCUT2D eigenvalue weighted by atomic mass is 10.1. The Balaban J connectivity index is 1.76. The molecule has 2 N–H and O–H groups in total. The second-order valence-electron chi connectivity index (χ2n) is 5.88.